The molecule has 35 heavy (non-hydrogen) atoms. The molecule has 5 rings (SSSR count). The van der Waals surface area contributed by atoms with Crippen molar-refractivity contribution in [3.05, 3.63) is 76.1 Å². The maximum atomic E-state index is 13.2. The quantitative estimate of drug-likeness (QED) is 0.540. The SMILES string of the molecule is COc1ccccc1CC(=O)N1CCN(C(=O)c2nnn3c2CO[C@H](c2ccc(Cl)cc2)C3)CC1. The van der Waals surface area contributed by atoms with Crippen LogP contribution in [0.2, 0.25) is 5.02 Å². The summed E-state index contributed by atoms with van der Waals surface area (Å²) < 4.78 is 13.1. The molecule has 1 atom stereocenters. The Bertz CT molecular complexity index is 1220. The van der Waals surface area contributed by atoms with Gasteiger partial charge in [0.25, 0.3) is 5.91 Å². The Morgan fingerprint density at radius 2 is 1.77 bits per heavy atom. The largest absolute Gasteiger partial charge is 0.496 e. The Morgan fingerprint density at radius 1 is 1.06 bits per heavy atom. The second-order valence-electron chi connectivity index (χ2n) is 8.58. The molecule has 0 radical (unpaired) electrons. The van der Waals surface area contributed by atoms with E-state index in [0.717, 1.165) is 11.1 Å². The van der Waals surface area contributed by atoms with E-state index in [4.69, 9.17) is 21.1 Å². The Hall–Kier alpha value is -3.43. The predicted molar refractivity (Wildman–Crippen MR) is 128 cm³/mol. The average molecular weight is 496 g/mol. The van der Waals surface area contributed by atoms with Crippen LogP contribution in [-0.2, 0) is 29.1 Å². The van der Waals surface area contributed by atoms with E-state index >= 15 is 0 Å². The molecular weight excluding hydrogens is 470 g/mol. The number of hydrogen-bond donors (Lipinski definition) is 0. The van der Waals surface area contributed by atoms with Crippen LogP contribution in [0.5, 0.6) is 5.75 Å². The number of benzene rings is 2. The summed E-state index contributed by atoms with van der Waals surface area (Å²) >= 11 is 5.98. The molecule has 3 aromatic rings. The number of ether oxygens (including phenoxy) is 2. The lowest BCUT2D eigenvalue weighted by Crippen LogP contribution is -2.51. The summed E-state index contributed by atoms with van der Waals surface area (Å²) in [6, 6.07) is 15.0. The van der Waals surface area contributed by atoms with Crippen molar-refractivity contribution in [3.63, 3.8) is 0 Å². The normalized spacial score (nSPS) is 17.7. The van der Waals surface area contributed by atoms with Gasteiger partial charge in [0.15, 0.2) is 5.69 Å². The van der Waals surface area contributed by atoms with Crippen LogP contribution in [-0.4, -0.2) is 69.9 Å². The fraction of sp³-hybridized carbons (Fsp3) is 0.360. The molecule has 0 unspecified atom stereocenters. The molecule has 0 N–H and O–H groups in total. The minimum Gasteiger partial charge on any atom is -0.496 e. The first-order valence-corrected chi connectivity index (χ1v) is 11.9. The van der Waals surface area contributed by atoms with Crippen molar-refractivity contribution in [2.75, 3.05) is 33.3 Å². The van der Waals surface area contributed by atoms with Crippen LogP contribution < -0.4 is 4.74 Å². The number of hydrogen-bond acceptors (Lipinski definition) is 6. The van der Waals surface area contributed by atoms with Gasteiger partial charge in [-0.25, -0.2) is 4.68 Å². The van der Waals surface area contributed by atoms with Crippen molar-refractivity contribution in [1.29, 1.82) is 0 Å². The molecule has 1 fully saturated rings. The van der Waals surface area contributed by atoms with Crippen molar-refractivity contribution in [1.82, 2.24) is 24.8 Å². The number of nitrogens with zero attached hydrogens (tertiary/aromatic N) is 5. The third kappa shape index (κ3) is 4.87. The Balaban J connectivity index is 1.19. The highest BCUT2D eigenvalue weighted by molar-refractivity contribution is 6.30. The van der Waals surface area contributed by atoms with Gasteiger partial charge in [-0.15, -0.1) is 5.10 Å². The first-order chi connectivity index (χ1) is 17.0. The van der Waals surface area contributed by atoms with Crippen LogP contribution in [0.25, 0.3) is 0 Å². The molecule has 0 spiro atoms. The van der Waals surface area contributed by atoms with Gasteiger partial charge in [0.2, 0.25) is 5.91 Å². The number of rotatable bonds is 5. The number of fused-ring (bicyclic) bond motifs is 1. The Labute approximate surface area is 208 Å². The summed E-state index contributed by atoms with van der Waals surface area (Å²) in [4.78, 5) is 29.5. The number of carbonyl (C=O) groups is 2. The molecule has 2 aliphatic rings. The van der Waals surface area contributed by atoms with E-state index in [0.29, 0.717) is 54.9 Å². The summed E-state index contributed by atoms with van der Waals surface area (Å²) in [6.45, 7) is 2.55. The topological polar surface area (TPSA) is 89.8 Å². The molecule has 0 aliphatic carbocycles. The summed E-state index contributed by atoms with van der Waals surface area (Å²) in [5.74, 6) is 0.535. The Kier molecular flexibility index (Phi) is 6.70. The van der Waals surface area contributed by atoms with Crippen molar-refractivity contribution in [2.45, 2.75) is 25.7 Å². The third-order valence-corrected chi connectivity index (χ3v) is 6.75. The molecular formula is C25H26ClN5O4. The van der Waals surface area contributed by atoms with Crippen LogP contribution in [0.3, 0.4) is 0 Å². The van der Waals surface area contributed by atoms with Crippen molar-refractivity contribution < 1.29 is 19.1 Å². The van der Waals surface area contributed by atoms with Gasteiger partial charge in [-0.1, -0.05) is 47.1 Å². The lowest BCUT2D eigenvalue weighted by molar-refractivity contribution is -0.131. The summed E-state index contributed by atoms with van der Waals surface area (Å²) in [6.07, 6.45) is 0.0879. The molecule has 3 heterocycles. The van der Waals surface area contributed by atoms with E-state index < -0.39 is 0 Å². The van der Waals surface area contributed by atoms with Gasteiger partial charge in [0.05, 0.1) is 32.4 Å². The van der Waals surface area contributed by atoms with Gasteiger partial charge in [-0.3, -0.25) is 9.59 Å². The van der Waals surface area contributed by atoms with E-state index in [1.54, 1.807) is 21.6 Å². The van der Waals surface area contributed by atoms with Gasteiger partial charge >= 0.3 is 0 Å². The van der Waals surface area contributed by atoms with E-state index in [2.05, 4.69) is 10.3 Å². The fourth-order valence-corrected chi connectivity index (χ4v) is 4.62. The molecule has 2 aromatic carbocycles. The maximum absolute atomic E-state index is 13.2. The second kappa shape index (κ2) is 10.1. The highest BCUT2D eigenvalue weighted by Gasteiger charge is 2.32. The molecule has 10 heteroatoms. The summed E-state index contributed by atoms with van der Waals surface area (Å²) in [5, 5.41) is 9.05. The molecule has 9 nitrogen and oxygen atoms in total. The molecule has 0 bridgehead atoms. The number of amides is 2. The number of carbonyl (C=O) groups excluding carboxylic acids is 2. The van der Waals surface area contributed by atoms with Crippen LogP contribution in [0.1, 0.15) is 33.4 Å². The van der Waals surface area contributed by atoms with Crippen molar-refractivity contribution in [3.8, 4) is 5.75 Å². The molecule has 1 aromatic heterocycles. The van der Waals surface area contributed by atoms with Gasteiger partial charge in [0, 0.05) is 36.8 Å². The number of para-hydroxylation sites is 1. The second-order valence-corrected chi connectivity index (χ2v) is 9.02. The highest BCUT2D eigenvalue weighted by atomic mass is 35.5. The smallest absolute Gasteiger partial charge is 0.276 e. The minimum atomic E-state index is -0.184. The van der Waals surface area contributed by atoms with Gasteiger partial charge in [0.1, 0.15) is 11.9 Å². The zero-order chi connectivity index (χ0) is 24.4. The molecule has 0 saturated carbocycles. The summed E-state index contributed by atoms with van der Waals surface area (Å²) in [7, 11) is 1.60. The molecule has 2 aliphatic heterocycles. The standard InChI is InChI=1S/C25H26ClN5O4/c1-34-21-5-3-2-4-18(21)14-23(32)29-10-12-30(13-11-29)25(33)24-20-16-35-22(15-31(20)28-27-24)17-6-8-19(26)9-7-17/h2-9,22H,10-16H2,1H3/t22-/m0/s1. The van der Waals surface area contributed by atoms with Crippen LogP contribution in [0, 0.1) is 0 Å². The highest BCUT2D eigenvalue weighted by Crippen LogP contribution is 2.28. The number of methoxy groups -OCH3 is 1. The monoisotopic (exact) mass is 495 g/mol. The van der Waals surface area contributed by atoms with Crippen LogP contribution >= 0.6 is 11.6 Å². The first kappa shape index (κ1) is 23.3. The van der Waals surface area contributed by atoms with E-state index in [1.165, 1.54) is 0 Å². The van der Waals surface area contributed by atoms with E-state index in [-0.39, 0.29) is 30.9 Å². The summed E-state index contributed by atoms with van der Waals surface area (Å²) in [5.41, 5.74) is 2.84. The molecule has 1 saturated heterocycles. The first-order valence-electron chi connectivity index (χ1n) is 11.5. The average Bonchev–Trinajstić information content (AvgIpc) is 3.32. The third-order valence-electron chi connectivity index (χ3n) is 6.50. The van der Waals surface area contributed by atoms with E-state index in [9.17, 15) is 9.59 Å². The van der Waals surface area contributed by atoms with E-state index in [1.807, 2.05) is 48.5 Å². The lowest BCUT2D eigenvalue weighted by atomic mass is 10.1. The van der Waals surface area contributed by atoms with Gasteiger partial charge in [-0.2, -0.15) is 0 Å². The van der Waals surface area contributed by atoms with Crippen molar-refractivity contribution in [2.24, 2.45) is 0 Å². The minimum absolute atomic E-state index is 0.0178. The fourth-order valence-electron chi connectivity index (χ4n) is 4.49. The number of halogens is 1. The van der Waals surface area contributed by atoms with Gasteiger partial charge in [-0.05, 0) is 23.8 Å². The van der Waals surface area contributed by atoms with Gasteiger partial charge < -0.3 is 19.3 Å². The van der Waals surface area contributed by atoms with Crippen LogP contribution in [0.15, 0.2) is 48.5 Å². The zero-order valence-electron chi connectivity index (χ0n) is 19.4. The zero-order valence-corrected chi connectivity index (χ0v) is 20.1. The molecule has 182 valence electrons. The predicted octanol–water partition coefficient (Wildman–Crippen LogP) is 2.74. The molecule has 2 amide bonds. The maximum Gasteiger partial charge on any atom is 0.276 e. The van der Waals surface area contributed by atoms with Crippen molar-refractivity contribution >= 4 is 23.4 Å². The lowest BCUT2D eigenvalue weighted by Gasteiger charge is -2.34. The number of aromatic nitrogens is 3. The Morgan fingerprint density at radius 3 is 2.51 bits per heavy atom. The number of piperazine rings is 1. The van der Waals surface area contributed by atoms with Crippen LogP contribution in [0.4, 0.5) is 0 Å².